The summed E-state index contributed by atoms with van der Waals surface area (Å²) >= 11 is 0. The van der Waals surface area contributed by atoms with Crippen molar-refractivity contribution < 1.29 is 0 Å². The van der Waals surface area contributed by atoms with Gasteiger partial charge in [-0.3, -0.25) is 0 Å². The fourth-order valence-electron chi connectivity index (χ4n) is 2.73. The van der Waals surface area contributed by atoms with Crippen molar-refractivity contribution in [3.05, 3.63) is 41.9 Å². The number of H-pyrrole nitrogens is 1. The zero-order chi connectivity index (χ0) is 13.8. The van der Waals surface area contributed by atoms with E-state index in [-0.39, 0.29) is 0 Å². The van der Waals surface area contributed by atoms with Gasteiger partial charge in [0.15, 0.2) is 0 Å². The largest absolute Gasteiger partial charge is 0.341 e. The lowest BCUT2D eigenvalue weighted by molar-refractivity contribution is 0.515. The van der Waals surface area contributed by atoms with E-state index in [0.717, 1.165) is 23.6 Å². The molecule has 1 aromatic carbocycles. The smallest absolute Gasteiger partial charge is 0.120 e. The van der Waals surface area contributed by atoms with Crippen molar-refractivity contribution >= 4 is 0 Å². The van der Waals surface area contributed by atoms with Crippen LogP contribution in [0.1, 0.15) is 37.1 Å². The summed E-state index contributed by atoms with van der Waals surface area (Å²) in [6, 6.07) is 10.4. The van der Waals surface area contributed by atoms with E-state index in [9.17, 15) is 0 Å². The maximum atomic E-state index is 8.93. The van der Waals surface area contributed by atoms with Crippen LogP contribution in [0.5, 0.6) is 0 Å². The highest BCUT2D eigenvalue weighted by Crippen LogP contribution is 2.20. The Labute approximate surface area is 118 Å². The van der Waals surface area contributed by atoms with E-state index < -0.39 is 0 Å². The van der Waals surface area contributed by atoms with Crippen molar-refractivity contribution in [2.24, 2.45) is 0 Å². The minimum absolute atomic E-state index is 0.644. The third kappa shape index (κ3) is 2.89. The molecule has 1 saturated carbocycles. The highest BCUT2D eigenvalue weighted by atomic mass is 15.0. The van der Waals surface area contributed by atoms with Gasteiger partial charge in [-0.15, -0.1) is 0 Å². The van der Waals surface area contributed by atoms with Gasteiger partial charge < -0.3 is 10.3 Å². The second kappa shape index (κ2) is 5.89. The molecule has 0 amide bonds. The standard InChI is InChI=1S/C16H18N4/c17-9-12-4-3-5-13(8-12)15-10-19-16(20-15)11-18-14-6-1-2-7-14/h3-5,8,10,14,18H,1-2,6-7,11H2,(H,19,20). The fraction of sp³-hybridized carbons (Fsp3) is 0.375. The molecule has 1 fully saturated rings. The Kier molecular flexibility index (Phi) is 3.80. The zero-order valence-corrected chi connectivity index (χ0v) is 11.4. The summed E-state index contributed by atoms with van der Waals surface area (Å²) in [5.74, 6) is 0.953. The van der Waals surface area contributed by atoms with Crippen LogP contribution < -0.4 is 5.32 Å². The van der Waals surface area contributed by atoms with Gasteiger partial charge in [-0.05, 0) is 25.0 Å². The third-order valence-electron chi connectivity index (χ3n) is 3.84. The number of benzene rings is 1. The monoisotopic (exact) mass is 266 g/mol. The third-order valence-corrected chi connectivity index (χ3v) is 3.84. The predicted molar refractivity (Wildman–Crippen MR) is 77.8 cm³/mol. The van der Waals surface area contributed by atoms with Crippen LogP contribution in [0, 0.1) is 11.3 Å². The molecule has 0 unspecified atom stereocenters. The van der Waals surface area contributed by atoms with Crippen LogP contribution in [0.15, 0.2) is 30.5 Å². The number of nitriles is 1. The summed E-state index contributed by atoms with van der Waals surface area (Å²) < 4.78 is 0. The van der Waals surface area contributed by atoms with Crippen molar-refractivity contribution in [1.82, 2.24) is 15.3 Å². The number of hydrogen-bond donors (Lipinski definition) is 2. The first-order valence-corrected chi connectivity index (χ1v) is 7.13. The number of hydrogen-bond acceptors (Lipinski definition) is 3. The van der Waals surface area contributed by atoms with E-state index >= 15 is 0 Å². The maximum Gasteiger partial charge on any atom is 0.120 e. The van der Waals surface area contributed by atoms with Gasteiger partial charge in [-0.25, -0.2) is 4.98 Å². The van der Waals surface area contributed by atoms with Gasteiger partial charge >= 0.3 is 0 Å². The van der Waals surface area contributed by atoms with Gasteiger partial charge in [0.25, 0.3) is 0 Å². The Bertz CT molecular complexity index is 617. The zero-order valence-electron chi connectivity index (χ0n) is 11.4. The average Bonchev–Trinajstić information content (AvgIpc) is 3.16. The van der Waals surface area contributed by atoms with Crippen LogP contribution in [0.25, 0.3) is 11.3 Å². The summed E-state index contributed by atoms with van der Waals surface area (Å²) in [6.45, 7) is 0.780. The van der Waals surface area contributed by atoms with Crippen molar-refractivity contribution in [3.63, 3.8) is 0 Å². The number of imidazole rings is 1. The van der Waals surface area contributed by atoms with Crippen molar-refractivity contribution in [2.45, 2.75) is 38.3 Å². The van der Waals surface area contributed by atoms with Crippen LogP contribution >= 0.6 is 0 Å². The minimum atomic E-state index is 0.644. The van der Waals surface area contributed by atoms with Gasteiger partial charge in [-0.1, -0.05) is 25.0 Å². The molecule has 1 aliphatic rings. The van der Waals surface area contributed by atoms with E-state index in [1.54, 1.807) is 0 Å². The molecule has 4 heteroatoms. The molecule has 4 nitrogen and oxygen atoms in total. The summed E-state index contributed by atoms with van der Waals surface area (Å²) in [4.78, 5) is 7.73. The summed E-state index contributed by atoms with van der Waals surface area (Å²) in [7, 11) is 0. The van der Waals surface area contributed by atoms with E-state index in [1.165, 1.54) is 25.7 Å². The first kappa shape index (κ1) is 12.9. The molecule has 20 heavy (non-hydrogen) atoms. The van der Waals surface area contributed by atoms with E-state index in [1.807, 2.05) is 30.5 Å². The van der Waals surface area contributed by atoms with Gasteiger partial charge in [-0.2, -0.15) is 5.26 Å². The number of aromatic nitrogens is 2. The quantitative estimate of drug-likeness (QED) is 0.894. The van der Waals surface area contributed by atoms with Crippen molar-refractivity contribution in [2.75, 3.05) is 0 Å². The molecule has 1 aliphatic carbocycles. The topological polar surface area (TPSA) is 64.5 Å². The molecular weight excluding hydrogens is 248 g/mol. The molecular formula is C16H18N4. The van der Waals surface area contributed by atoms with Gasteiger partial charge in [0, 0.05) is 11.6 Å². The predicted octanol–water partition coefficient (Wildman–Crippen LogP) is 2.98. The van der Waals surface area contributed by atoms with E-state index in [4.69, 9.17) is 5.26 Å². The molecule has 3 rings (SSSR count). The molecule has 0 atom stereocenters. The van der Waals surface area contributed by atoms with E-state index in [0.29, 0.717) is 11.6 Å². The molecule has 0 spiro atoms. The molecule has 0 aliphatic heterocycles. The highest BCUT2D eigenvalue weighted by molar-refractivity contribution is 5.60. The maximum absolute atomic E-state index is 8.93. The Hall–Kier alpha value is -2.12. The molecule has 0 saturated heterocycles. The Morgan fingerprint density at radius 2 is 2.20 bits per heavy atom. The molecule has 1 heterocycles. The molecule has 102 valence electrons. The molecule has 2 aromatic rings. The lowest BCUT2D eigenvalue weighted by atomic mass is 10.1. The van der Waals surface area contributed by atoms with Gasteiger partial charge in [0.1, 0.15) is 5.82 Å². The van der Waals surface area contributed by atoms with Crippen LogP contribution in [0.3, 0.4) is 0 Å². The first-order chi connectivity index (χ1) is 9.85. The number of aromatic amines is 1. The molecule has 0 radical (unpaired) electrons. The average molecular weight is 266 g/mol. The number of rotatable bonds is 4. The number of nitrogens with one attached hydrogen (secondary N) is 2. The second-order valence-electron chi connectivity index (χ2n) is 5.30. The van der Waals surface area contributed by atoms with Gasteiger partial charge in [0.2, 0.25) is 0 Å². The van der Waals surface area contributed by atoms with E-state index in [2.05, 4.69) is 21.4 Å². The molecule has 0 bridgehead atoms. The van der Waals surface area contributed by atoms with Crippen molar-refractivity contribution in [1.29, 1.82) is 5.26 Å². The summed E-state index contributed by atoms with van der Waals surface area (Å²) in [6.07, 6.45) is 7.06. The highest BCUT2D eigenvalue weighted by Gasteiger charge is 2.14. The Morgan fingerprint density at radius 3 is 3.00 bits per heavy atom. The van der Waals surface area contributed by atoms with Crippen LogP contribution in [-0.4, -0.2) is 16.0 Å². The Balaban J connectivity index is 1.68. The summed E-state index contributed by atoms with van der Waals surface area (Å²) in [5, 5.41) is 12.5. The van der Waals surface area contributed by atoms with Crippen molar-refractivity contribution in [3.8, 4) is 17.3 Å². The lowest BCUT2D eigenvalue weighted by Crippen LogP contribution is -2.25. The van der Waals surface area contributed by atoms with Crippen LogP contribution in [-0.2, 0) is 6.54 Å². The molecule has 1 aromatic heterocycles. The minimum Gasteiger partial charge on any atom is -0.341 e. The van der Waals surface area contributed by atoms with Crippen LogP contribution in [0.4, 0.5) is 0 Å². The molecule has 2 N–H and O–H groups in total. The second-order valence-corrected chi connectivity index (χ2v) is 5.30. The SMILES string of the molecule is N#Cc1cccc(-c2cnc(CNC3CCCC3)[nH]2)c1. The first-order valence-electron chi connectivity index (χ1n) is 7.13. The Morgan fingerprint density at radius 1 is 1.35 bits per heavy atom. The normalized spacial score (nSPS) is 15.3. The lowest BCUT2D eigenvalue weighted by Gasteiger charge is -2.09. The summed E-state index contributed by atoms with van der Waals surface area (Å²) in [5.41, 5.74) is 2.64. The van der Waals surface area contributed by atoms with Gasteiger partial charge in [0.05, 0.1) is 30.1 Å². The fourth-order valence-corrected chi connectivity index (χ4v) is 2.73. The number of nitrogens with zero attached hydrogens (tertiary/aromatic N) is 2. The van der Waals surface area contributed by atoms with Crippen LogP contribution in [0.2, 0.25) is 0 Å².